The van der Waals surface area contributed by atoms with Crippen LogP contribution in [0.25, 0.3) is 0 Å². The number of nitrogens with one attached hydrogen (secondary N) is 1. The van der Waals surface area contributed by atoms with Gasteiger partial charge in [0.05, 0.1) is 13.2 Å². The predicted octanol–water partition coefficient (Wildman–Crippen LogP) is 2.40. The first-order chi connectivity index (χ1) is 9.66. The first-order valence-corrected chi connectivity index (χ1v) is 7.98. The highest BCUT2D eigenvalue weighted by atomic mass is 16.7. The average Bonchev–Trinajstić information content (AvgIpc) is 2.85. The van der Waals surface area contributed by atoms with Crippen LogP contribution in [0.15, 0.2) is 4.99 Å². The predicted molar refractivity (Wildman–Crippen MR) is 82.8 cm³/mol. The highest BCUT2D eigenvalue weighted by molar-refractivity contribution is 5.77. The maximum Gasteiger partial charge on any atom is 0.188 e. The third-order valence-electron chi connectivity index (χ3n) is 3.58. The van der Waals surface area contributed by atoms with Crippen molar-refractivity contribution in [1.82, 2.24) is 5.32 Å². The van der Waals surface area contributed by atoms with Crippen LogP contribution in [0.3, 0.4) is 0 Å². The van der Waals surface area contributed by atoms with Gasteiger partial charge >= 0.3 is 0 Å². The lowest BCUT2D eigenvalue weighted by atomic mass is 10.1. The Kier molecular flexibility index (Phi) is 8.62. The minimum Gasteiger partial charge on any atom is -0.370 e. The summed E-state index contributed by atoms with van der Waals surface area (Å²) in [4.78, 5) is 4.33. The topological polar surface area (TPSA) is 68.9 Å². The fourth-order valence-corrected chi connectivity index (χ4v) is 2.27. The van der Waals surface area contributed by atoms with Gasteiger partial charge in [-0.15, -0.1) is 0 Å². The van der Waals surface area contributed by atoms with E-state index in [1.807, 2.05) is 6.92 Å². The smallest absolute Gasteiger partial charge is 0.188 e. The van der Waals surface area contributed by atoms with E-state index in [4.69, 9.17) is 15.2 Å². The van der Waals surface area contributed by atoms with Gasteiger partial charge in [-0.05, 0) is 13.3 Å². The Morgan fingerprint density at radius 1 is 1.15 bits per heavy atom. The van der Waals surface area contributed by atoms with Crippen molar-refractivity contribution in [3.05, 3.63) is 0 Å². The molecule has 0 aromatic rings. The molecule has 0 spiro atoms. The molecule has 1 aliphatic heterocycles. The normalized spacial score (nSPS) is 18.4. The lowest BCUT2D eigenvalue weighted by Crippen LogP contribution is -2.37. The Hall–Kier alpha value is -0.810. The van der Waals surface area contributed by atoms with Gasteiger partial charge in [-0.2, -0.15) is 0 Å². The quantitative estimate of drug-likeness (QED) is 0.367. The number of ether oxygens (including phenoxy) is 2. The summed E-state index contributed by atoms with van der Waals surface area (Å²) in [5.74, 6) is 0.0761. The zero-order valence-electron chi connectivity index (χ0n) is 13.1. The summed E-state index contributed by atoms with van der Waals surface area (Å²) < 4.78 is 11.0. The summed E-state index contributed by atoms with van der Waals surface area (Å²) in [6.07, 6.45) is 8.43. The van der Waals surface area contributed by atoms with E-state index < -0.39 is 5.79 Å². The number of aliphatic imine (C=N–C) groups is 1. The number of hydrogen-bond acceptors (Lipinski definition) is 3. The van der Waals surface area contributed by atoms with Crippen molar-refractivity contribution in [1.29, 1.82) is 0 Å². The van der Waals surface area contributed by atoms with Crippen LogP contribution in [-0.4, -0.2) is 38.0 Å². The van der Waals surface area contributed by atoms with Crippen molar-refractivity contribution in [3.8, 4) is 0 Å². The molecular weight excluding hydrogens is 254 g/mol. The largest absolute Gasteiger partial charge is 0.370 e. The molecule has 1 rings (SSSR count). The average molecular weight is 285 g/mol. The highest BCUT2D eigenvalue weighted by Gasteiger charge is 2.30. The Balaban J connectivity index is 1.98. The van der Waals surface area contributed by atoms with E-state index in [9.17, 15) is 0 Å². The van der Waals surface area contributed by atoms with Crippen LogP contribution in [0.4, 0.5) is 0 Å². The molecule has 5 nitrogen and oxygen atoms in total. The summed E-state index contributed by atoms with van der Waals surface area (Å²) in [7, 11) is 0. The number of nitrogens with zero attached hydrogens (tertiary/aromatic N) is 1. The monoisotopic (exact) mass is 285 g/mol. The van der Waals surface area contributed by atoms with Gasteiger partial charge in [0.15, 0.2) is 11.7 Å². The summed E-state index contributed by atoms with van der Waals surface area (Å²) >= 11 is 0. The Morgan fingerprint density at radius 2 is 1.80 bits per heavy atom. The Bertz CT molecular complexity index is 276. The molecule has 1 aliphatic rings. The molecule has 3 N–H and O–H groups in total. The molecule has 0 saturated carbocycles. The maximum atomic E-state index is 5.82. The van der Waals surface area contributed by atoms with Crippen LogP contribution in [0.1, 0.15) is 58.8 Å². The summed E-state index contributed by atoms with van der Waals surface area (Å²) in [5.41, 5.74) is 5.82. The second-order valence-electron chi connectivity index (χ2n) is 5.54. The van der Waals surface area contributed by atoms with Gasteiger partial charge in [-0.25, -0.2) is 0 Å². The molecule has 118 valence electrons. The third kappa shape index (κ3) is 7.70. The molecule has 5 heteroatoms. The molecule has 0 aromatic heterocycles. The van der Waals surface area contributed by atoms with Gasteiger partial charge in [0.2, 0.25) is 0 Å². The van der Waals surface area contributed by atoms with E-state index in [0.717, 1.165) is 25.9 Å². The standard InChI is InChI=1S/C15H31N3O2/c1-3-4-5-6-7-8-10-17-14(16)18-11-9-15(2)19-12-13-20-15/h3-13H2,1-2H3,(H3,16,17,18). The molecule has 0 aliphatic carbocycles. The fourth-order valence-electron chi connectivity index (χ4n) is 2.27. The molecule has 0 atom stereocenters. The molecule has 1 saturated heterocycles. The number of hydrogen-bond donors (Lipinski definition) is 2. The summed E-state index contributed by atoms with van der Waals surface area (Å²) in [5, 5.41) is 3.11. The van der Waals surface area contributed by atoms with Crippen LogP contribution >= 0.6 is 0 Å². The van der Waals surface area contributed by atoms with Crippen LogP contribution in [0.2, 0.25) is 0 Å². The van der Waals surface area contributed by atoms with Crippen molar-refractivity contribution >= 4 is 5.96 Å². The molecule has 1 fully saturated rings. The first kappa shape index (κ1) is 17.2. The molecular formula is C15H31N3O2. The van der Waals surface area contributed by atoms with E-state index in [1.165, 1.54) is 32.1 Å². The molecule has 0 radical (unpaired) electrons. The van der Waals surface area contributed by atoms with Crippen LogP contribution in [0.5, 0.6) is 0 Å². The molecule has 1 heterocycles. The molecule has 0 aromatic carbocycles. The van der Waals surface area contributed by atoms with E-state index >= 15 is 0 Å². The zero-order valence-corrected chi connectivity index (χ0v) is 13.1. The molecule has 0 unspecified atom stereocenters. The van der Waals surface area contributed by atoms with E-state index in [-0.39, 0.29) is 0 Å². The minimum atomic E-state index is -0.452. The van der Waals surface area contributed by atoms with E-state index in [0.29, 0.717) is 19.2 Å². The van der Waals surface area contributed by atoms with E-state index in [1.54, 1.807) is 0 Å². The van der Waals surface area contributed by atoms with Crippen molar-refractivity contribution < 1.29 is 9.47 Å². The van der Waals surface area contributed by atoms with Crippen molar-refractivity contribution in [3.63, 3.8) is 0 Å². The molecule has 20 heavy (non-hydrogen) atoms. The fraction of sp³-hybridized carbons (Fsp3) is 0.933. The first-order valence-electron chi connectivity index (χ1n) is 7.98. The van der Waals surface area contributed by atoms with Gasteiger partial charge in [0.1, 0.15) is 0 Å². The SMILES string of the molecule is CCCCCCCCN=C(N)NCCC1(C)OCCO1. The Labute approximate surface area is 123 Å². The highest BCUT2D eigenvalue weighted by Crippen LogP contribution is 2.21. The maximum absolute atomic E-state index is 5.82. The number of rotatable bonds is 10. The van der Waals surface area contributed by atoms with Gasteiger partial charge in [0.25, 0.3) is 0 Å². The lowest BCUT2D eigenvalue weighted by molar-refractivity contribution is -0.145. The number of guanidine groups is 1. The molecule has 0 bridgehead atoms. The molecule has 0 amide bonds. The van der Waals surface area contributed by atoms with Crippen molar-refractivity contribution in [2.45, 2.75) is 64.6 Å². The Morgan fingerprint density at radius 3 is 2.50 bits per heavy atom. The van der Waals surface area contributed by atoms with E-state index in [2.05, 4.69) is 17.2 Å². The minimum absolute atomic E-state index is 0.452. The van der Waals surface area contributed by atoms with Gasteiger partial charge < -0.3 is 20.5 Å². The lowest BCUT2D eigenvalue weighted by Gasteiger charge is -2.22. The number of unbranched alkanes of at least 4 members (excludes halogenated alkanes) is 5. The van der Waals surface area contributed by atoms with Crippen molar-refractivity contribution in [2.24, 2.45) is 10.7 Å². The van der Waals surface area contributed by atoms with Crippen LogP contribution in [-0.2, 0) is 9.47 Å². The van der Waals surface area contributed by atoms with Gasteiger partial charge in [0, 0.05) is 19.5 Å². The number of nitrogens with two attached hydrogens (primary N) is 1. The third-order valence-corrected chi connectivity index (χ3v) is 3.58. The van der Waals surface area contributed by atoms with Gasteiger partial charge in [-0.1, -0.05) is 39.0 Å². The van der Waals surface area contributed by atoms with Crippen LogP contribution in [0, 0.1) is 0 Å². The summed E-state index contributed by atoms with van der Waals surface area (Å²) in [6.45, 7) is 7.10. The van der Waals surface area contributed by atoms with Crippen molar-refractivity contribution in [2.75, 3.05) is 26.3 Å². The van der Waals surface area contributed by atoms with Crippen LogP contribution < -0.4 is 11.1 Å². The summed E-state index contributed by atoms with van der Waals surface area (Å²) in [6, 6.07) is 0. The second-order valence-corrected chi connectivity index (χ2v) is 5.54. The second kappa shape index (κ2) is 10.00. The van der Waals surface area contributed by atoms with Gasteiger partial charge in [-0.3, -0.25) is 4.99 Å². The zero-order chi connectivity index (χ0) is 14.7.